The van der Waals surface area contributed by atoms with Crippen molar-refractivity contribution in [3.63, 3.8) is 0 Å². The van der Waals surface area contributed by atoms with E-state index in [2.05, 4.69) is 95.5 Å². The summed E-state index contributed by atoms with van der Waals surface area (Å²) in [6, 6.07) is 10.6. The Morgan fingerprint density at radius 3 is 2.38 bits per heavy atom. The van der Waals surface area contributed by atoms with Crippen LogP contribution in [0.5, 0.6) is 0 Å². The maximum atomic E-state index is 12.0. The largest absolute Gasteiger partial charge is 0.414 e. The zero-order chi connectivity index (χ0) is 26.7. The number of fused-ring (bicyclic) bond motifs is 5. The molecule has 0 aliphatic heterocycles. The minimum Gasteiger partial charge on any atom is -0.414 e. The molecule has 0 aromatic heterocycles. The van der Waals surface area contributed by atoms with Gasteiger partial charge in [0.1, 0.15) is 0 Å². The van der Waals surface area contributed by atoms with Crippen LogP contribution in [0.15, 0.2) is 53.6 Å². The summed E-state index contributed by atoms with van der Waals surface area (Å²) in [5, 5.41) is 15.9. The molecule has 0 spiro atoms. The first-order chi connectivity index (χ1) is 17.3. The third kappa shape index (κ3) is 4.64. The van der Waals surface area contributed by atoms with Gasteiger partial charge in [-0.15, -0.1) is 0 Å². The van der Waals surface area contributed by atoms with Gasteiger partial charge in [0.05, 0.1) is 5.60 Å². The van der Waals surface area contributed by atoms with Crippen LogP contribution >= 0.6 is 0 Å². The van der Waals surface area contributed by atoms with E-state index in [4.69, 9.17) is 4.43 Å². The van der Waals surface area contributed by atoms with Gasteiger partial charge in [-0.1, -0.05) is 88.2 Å². The molecule has 4 heteroatoms. The number of hydrogen-bond acceptors (Lipinski definition) is 3. The van der Waals surface area contributed by atoms with E-state index in [1.54, 1.807) is 11.1 Å². The molecule has 3 fully saturated rings. The highest BCUT2D eigenvalue weighted by molar-refractivity contribution is 6.74. The van der Waals surface area contributed by atoms with Gasteiger partial charge >= 0.3 is 0 Å². The monoisotopic (exact) mass is 521 g/mol. The Morgan fingerprint density at radius 2 is 1.68 bits per heavy atom. The lowest BCUT2D eigenvalue weighted by Gasteiger charge is -2.56. The zero-order valence-corrected chi connectivity index (χ0v) is 25.5. The van der Waals surface area contributed by atoms with E-state index in [1.165, 1.54) is 24.8 Å². The van der Waals surface area contributed by atoms with Crippen LogP contribution in [-0.4, -0.2) is 31.7 Å². The molecule has 0 saturated heterocycles. The predicted molar refractivity (Wildman–Crippen MR) is 157 cm³/mol. The SMILES string of the molecule is CC(C)(C)[Si](C)(C)OC1CC[C@@]2(C)C(=CC=C3[C@@H]2CC[C@@]2(C)[C@H]3CC[C@@]2(O)CNCc2ccccc2)C1. The highest BCUT2D eigenvalue weighted by Gasteiger charge is 2.61. The van der Waals surface area contributed by atoms with E-state index in [0.717, 1.165) is 32.2 Å². The van der Waals surface area contributed by atoms with Crippen LogP contribution in [-0.2, 0) is 11.0 Å². The molecule has 0 amide bonds. The van der Waals surface area contributed by atoms with Gasteiger partial charge in [-0.05, 0) is 85.9 Å². The van der Waals surface area contributed by atoms with Gasteiger partial charge in [0.15, 0.2) is 8.32 Å². The highest BCUT2D eigenvalue weighted by atomic mass is 28.4. The average molecular weight is 522 g/mol. The van der Waals surface area contributed by atoms with Crippen molar-refractivity contribution >= 4 is 8.32 Å². The summed E-state index contributed by atoms with van der Waals surface area (Å²) in [7, 11) is -1.76. The van der Waals surface area contributed by atoms with Crippen molar-refractivity contribution in [3.05, 3.63) is 59.2 Å². The van der Waals surface area contributed by atoms with Crippen molar-refractivity contribution in [1.82, 2.24) is 5.32 Å². The van der Waals surface area contributed by atoms with Crippen LogP contribution in [0.2, 0.25) is 18.1 Å². The summed E-state index contributed by atoms with van der Waals surface area (Å²) in [6.45, 7) is 18.3. The summed E-state index contributed by atoms with van der Waals surface area (Å²) in [5.74, 6) is 1.12. The van der Waals surface area contributed by atoms with Gasteiger partial charge in [0, 0.05) is 24.6 Å². The van der Waals surface area contributed by atoms with Crippen LogP contribution < -0.4 is 5.32 Å². The van der Waals surface area contributed by atoms with Gasteiger partial charge in [0.2, 0.25) is 0 Å². The molecule has 204 valence electrons. The van der Waals surface area contributed by atoms with Gasteiger partial charge < -0.3 is 14.8 Å². The molecule has 1 aromatic rings. The van der Waals surface area contributed by atoms with Gasteiger partial charge in [-0.2, -0.15) is 0 Å². The molecule has 4 aliphatic rings. The number of benzene rings is 1. The third-order valence-corrected chi connectivity index (χ3v) is 16.2. The number of rotatable bonds is 6. The number of hydrogen-bond donors (Lipinski definition) is 2. The average Bonchev–Trinajstić information content (AvgIpc) is 3.10. The zero-order valence-electron chi connectivity index (χ0n) is 24.5. The van der Waals surface area contributed by atoms with E-state index < -0.39 is 13.9 Å². The molecule has 6 atom stereocenters. The van der Waals surface area contributed by atoms with Crippen LogP contribution in [0.4, 0.5) is 0 Å². The van der Waals surface area contributed by atoms with Gasteiger partial charge in [-0.3, -0.25) is 0 Å². The maximum Gasteiger partial charge on any atom is 0.192 e. The normalized spacial score (nSPS) is 37.8. The summed E-state index contributed by atoms with van der Waals surface area (Å²) in [6.07, 6.45) is 13.2. The second-order valence-electron chi connectivity index (χ2n) is 14.7. The fraction of sp³-hybridized carbons (Fsp3) is 0.697. The first-order valence-corrected chi connectivity index (χ1v) is 17.8. The van der Waals surface area contributed by atoms with Gasteiger partial charge in [0.25, 0.3) is 0 Å². The number of nitrogens with one attached hydrogen (secondary N) is 1. The first-order valence-electron chi connectivity index (χ1n) is 14.9. The number of allylic oxidation sites excluding steroid dienone is 3. The molecule has 1 unspecified atom stereocenters. The van der Waals surface area contributed by atoms with E-state index in [0.29, 0.717) is 24.5 Å². The Morgan fingerprint density at radius 1 is 0.973 bits per heavy atom. The highest BCUT2D eigenvalue weighted by Crippen LogP contribution is 2.66. The molecular weight excluding hydrogens is 470 g/mol. The number of aliphatic hydroxyl groups is 1. The van der Waals surface area contributed by atoms with Crippen LogP contribution in [0.25, 0.3) is 0 Å². The van der Waals surface area contributed by atoms with Crippen LogP contribution in [0.1, 0.15) is 85.1 Å². The molecule has 1 aromatic carbocycles. The van der Waals surface area contributed by atoms with E-state index in [-0.39, 0.29) is 15.9 Å². The van der Waals surface area contributed by atoms with Crippen molar-refractivity contribution in [3.8, 4) is 0 Å². The Labute approximate surface area is 227 Å². The van der Waals surface area contributed by atoms with E-state index >= 15 is 0 Å². The minimum atomic E-state index is -1.76. The molecule has 37 heavy (non-hydrogen) atoms. The molecule has 3 nitrogen and oxygen atoms in total. The summed E-state index contributed by atoms with van der Waals surface area (Å²) >= 11 is 0. The minimum absolute atomic E-state index is 0.0522. The Hall–Kier alpha value is -1.20. The first kappa shape index (κ1) is 27.4. The summed E-state index contributed by atoms with van der Waals surface area (Å²) in [4.78, 5) is 0. The lowest BCUT2D eigenvalue weighted by Crippen LogP contribution is -2.55. The van der Waals surface area contributed by atoms with Crippen molar-refractivity contribution in [1.29, 1.82) is 0 Å². The fourth-order valence-electron chi connectivity index (χ4n) is 8.07. The molecule has 4 aliphatic carbocycles. The van der Waals surface area contributed by atoms with Gasteiger partial charge in [-0.25, -0.2) is 0 Å². The fourth-order valence-corrected chi connectivity index (χ4v) is 9.46. The quantitative estimate of drug-likeness (QED) is 0.376. The Balaban J connectivity index is 1.31. The second kappa shape index (κ2) is 9.47. The molecular formula is C33H51NO2Si. The van der Waals surface area contributed by atoms with E-state index in [9.17, 15) is 5.11 Å². The van der Waals surface area contributed by atoms with Crippen LogP contribution in [0, 0.1) is 22.7 Å². The maximum absolute atomic E-state index is 12.0. The molecule has 0 heterocycles. The molecule has 5 rings (SSSR count). The lowest BCUT2D eigenvalue weighted by atomic mass is 9.50. The van der Waals surface area contributed by atoms with Crippen molar-refractivity contribution in [2.45, 2.75) is 116 Å². The Kier molecular flexibility index (Phi) is 7.00. The Bertz CT molecular complexity index is 1060. The topological polar surface area (TPSA) is 41.5 Å². The molecule has 2 N–H and O–H groups in total. The molecule has 0 radical (unpaired) electrons. The molecule has 0 bridgehead atoms. The summed E-state index contributed by atoms with van der Waals surface area (Å²) < 4.78 is 6.89. The predicted octanol–water partition coefficient (Wildman–Crippen LogP) is 7.78. The molecule has 3 saturated carbocycles. The van der Waals surface area contributed by atoms with E-state index in [1.807, 2.05) is 0 Å². The summed E-state index contributed by atoms with van der Waals surface area (Å²) in [5.41, 5.74) is 4.11. The van der Waals surface area contributed by atoms with Crippen molar-refractivity contribution in [2.75, 3.05) is 6.54 Å². The lowest BCUT2D eigenvalue weighted by molar-refractivity contribution is -0.0831. The van der Waals surface area contributed by atoms with Crippen molar-refractivity contribution < 1.29 is 9.53 Å². The third-order valence-electron chi connectivity index (χ3n) is 11.7. The van der Waals surface area contributed by atoms with Crippen LogP contribution in [0.3, 0.4) is 0 Å². The smallest absolute Gasteiger partial charge is 0.192 e. The van der Waals surface area contributed by atoms with Crippen molar-refractivity contribution in [2.24, 2.45) is 22.7 Å². The standard InChI is InChI=1S/C33H51NO2Si/c1-30(2,3)37(6,7)36-26-15-18-31(4)25(21-26)13-14-27-28(31)16-19-32(5)29(27)17-20-33(32,35)23-34-22-24-11-9-8-10-12-24/h8-14,26,28-29,34-35H,15-23H2,1-7H3/t26?,28-,29-,31-,32-,33+/m0/s1. The second-order valence-corrected chi connectivity index (χ2v) is 19.5.